The number of benzene rings is 3. The zero-order valence-electron chi connectivity index (χ0n) is 18.8. The van der Waals surface area contributed by atoms with Crippen molar-refractivity contribution in [2.45, 2.75) is 20.8 Å². The standard InChI is InChI=1S/C25H28N6O/c1-17-7-5-9-21(15-17)27-19(3)28-25(30-20-11-13-23(32-4)14-12-20)31-24(26)29-22-10-6-8-18(2)16-22/h5-16H,1-4H3,(H4,26,27,28,29,30,31). The molecule has 0 radical (unpaired) electrons. The Labute approximate surface area is 188 Å². The molecule has 32 heavy (non-hydrogen) atoms. The molecule has 0 aliphatic heterocycles. The second-order valence-electron chi connectivity index (χ2n) is 7.29. The van der Waals surface area contributed by atoms with Gasteiger partial charge >= 0.3 is 0 Å². The van der Waals surface area contributed by atoms with Gasteiger partial charge in [-0.1, -0.05) is 24.3 Å². The Bertz CT molecular complexity index is 1080. The van der Waals surface area contributed by atoms with Crippen molar-refractivity contribution in [3.63, 3.8) is 0 Å². The molecule has 164 valence electrons. The summed E-state index contributed by atoms with van der Waals surface area (Å²) in [5, 5.41) is 6.35. The Kier molecular flexibility index (Phi) is 7.59. The first-order chi connectivity index (χ1) is 15.4. The number of amidine groups is 1. The van der Waals surface area contributed by atoms with Gasteiger partial charge in [0, 0.05) is 11.4 Å². The fourth-order valence-corrected chi connectivity index (χ4v) is 2.96. The van der Waals surface area contributed by atoms with E-state index in [0.29, 0.717) is 11.5 Å². The molecule has 0 spiro atoms. The van der Waals surface area contributed by atoms with Crippen LogP contribution >= 0.6 is 0 Å². The highest BCUT2D eigenvalue weighted by atomic mass is 16.5. The molecule has 0 saturated carbocycles. The van der Waals surface area contributed by atoms with Gasteiger partial charge in [0.1, 0.15) is 11.6 Å². The van der Waals surface area contributed by atoms with Crippen molar-refractivity contribution in [1.29, 1.82) is 0 Å². The quantitative estimate of drug-likeness (QED) is 0.390. The van der Waals surface area contributed by atoms with Crippen molar-refractivity contribution in [2.75, 3.05) is 17.7 Å². The van der Waals surface area contributed by atoms with Gasteiger partial charge in [-0.05, 0) is 80.4 Å². The predicted octanol–water partition coefficient (Wildman–Crippen LogP) is 5.26. The van der Waals surface area contributed by atoms with E-state index in [1.165, 1.54) is 0 Å². The van der Waals surface area contributed by atoms with E-state index in [4.69, 9.17) is 10.5 Å². The van der Waals surface area contributed by atoms with E-state index in [1.54, 1.807) is 7.11 Å². The van der Waals surface area contributed by atoms with Gasteiger partial charge in [0.25, 0.3) is 5.96 Å². The Morgan fingerprint density at radius 2 is 1.41 bits per heavy atom. The second-order valence-corrected chi connectivity index (χ2v) is 7.29. The minimum Gasteiger partial charge on any atom is -0.497 e. The number of guanidine groups is 2. The zero-order valence-corrected chi connectivity index (χ0v) is 18.8. The van der Waals surface area contributed by atoms with E-state index in [2.05, 4.69) is 25.6 Å². The maximum absolute atomic E-state index is 6.15. The highest BCUT2D eigenvalue weighted by Crippen LogP contribution is 2.18. The number of methoxy groups -OCH3 is 1. The molecule has 3 rings (SSSR count). The third-order valence-corrected chi connectivity index (χ3v) is 4.42. The molecular weight excluding hydrogens is 400 g/mol. The predicted molar refractivity (Wildman–Crippen MR) is 134 cm³/mol. The molecule has 0 saturated heterocycles. The maximum atomic E-state index is 6.15. The average molecular weight is 429 g/mol. The summed E-state index contributed by atoms with van der Waals surface area (Å²) in [5.74, 6) is 1.78. The van der Waals surface area contributed by atoms with Crippen LogP contribution in [0.2, 0.25) is 0 Å². The van der Waals surface area contributed by atoms with Gasteiger partial charge in [-0.3, -0.25) is 0 Å². The van der Waals surface area contributed by atoms with E-state index in [1.807, 2.05) is 93.6 Å². The lowest BCUT2D eigenvalue weighted by atomic mass is 10.2. The molecule has 0 aliphatic carbocycles. The van der Waals surface area contributed by atoms with Crippen LogP contribution in [-0.2, 0) is 0 Å². The van der Waals surface area contributed by atoms with Crippen molar-refractivity contribution < 1.29 is 4.74 Å². The van der Waals surface area contributed by atoms with E-state index in [-0.39, 0.29) is 11.9 Å². The molecule has 0 heterocycles. The van der Waals surface area contributed by atoms with Crippen LogP contribution in [0.1, 0.15) is 18.1 Å². The number of hydrogen-bond donors (Lipinski definition) is 3. The zero-order chi connectivity index (χ0) is 22.9. The lowest BCUT2D eigenvalue weighted by molar-refractivity contribution is 0.415. The molecule has 0 aromatic heterocycles. The number of rotatable bonds is 4. The van der Waals surface area contributed by atoms with Gasteiger partial charge in [-0.15, -0.1) is 0 Å². The van der Waals surface area contributed by atoms with Gasteiger partial charge < -0.3 is 21.1 Å². The van der Waals surface area contributed by atoms with Crippen molar-refractivity contribution in [3.05, 3.63) is 83.9 Å². The molecule has 0 atom stereocenters. The number of aliphatic imine (C=N–C) groups is 3. The number of anilines is 2. The topological polar surface area (TPSA) is 96.4 Å². The fourth-order valence-electron chi connectivity index (χ4n) is 2.96. The highest BCUT2D eigenvalue weighted by molar-refractivity contribution is 6.07. The third kappa shape index (κ3) is 6.98. The first-order valence-corrected chi connectivity index (χ1v) is 10.2. The van der Waals surface area contributed by atoms with Gasteiger partial charge in [0.05, 0.1) is 12.8 Å². The number of nitrogens with two attached hydrogens (primary N) is 1. The van der Waals surface area contributed by atoms with Crippen molar-refractivity contribution in [3.8, 4) is 5.75 Å². The van der Waals surface area contributed by atoms with Crippen LogP contribution in [0.25, 0.3) is 0 Å². The summed E-state index contributed by atoms with van der Waals surface area (Å²) in [4.78, 5) is 13.5. The molecular formula is C25H28N6O. The molecule has 7 heteroatoms. The van der Waals surface area contributed by atoms with Crippen molar-refractivity contribution in [2.24, 2.45) is 20.7 Å². The van der Waals surface area contributed by atoms with E-state index < -0.39 is 0 Å². The molecule has 0 amide bonds. The molecule has 0 unspecified atom stereocenters. The molecule has 3 aromatic rings. The summed E-state index contributed by atoms with van der Waals surface area (Å²) >= 11 is 0. The van der Waals surface area contributed by atoms with Crippen molar-refractivity contribution >= 4 is 34.8 Å². The van der Waals surface area contributed by atoms with Crippen LogP contribution in [0, 0.1) is 13.8 Å². The van der Waals surface area contributed by atoms with Crippen LogP contribution < -0.4 is 21.1 Å². The van der Waals surface area contributed by atoms with Crippen LogP contribution in [0.4, 0.5) is 17.1 Å². The maximum Gasteiger partial charge on any atom is 0.254 e. The van der Waals surface area contributed by atoms with Crippen LogP contribution in [-0.4, -0.2) is 24.9 Å². The van der Waals surface area contributed by atoms with Gasteiger partial charge in [0.15, 0.2) is 0 Å². The number of nitrogens with zero attached hydrogens (tertiary/aromatic N) is 3. The lowest BCUT2D eigenvalue weighted by Gasteiger charge is -2.08. The lowest BCUT2D eigenvalue weighted by Crippen LogP contribution is -2.24. The number of ether oxygens (including phenoxy) is 1. The smallest absolute Gasteiger partial charge is 0.254 e. The Morgan fingerprint density at radius 1 is 0.812 bits per heavy atom. The summed E-state index contributed by atoms with van der Waals surface area (Å²) in [5.41, 5.74) is 10.9. The molecule has 0 aliphatic rings. The van der Waals surface area contributed by atoms with E-state index >= 15 is 0 Å². The third-order valence-electron chi connectivity index (χ3n) is 4.42. The normalized spacial score (nSPS) is 12.4. The summed E-state index contributed by atoms with van der Waals surface area (Å²) in [7, 11) is 1.62. The largest absolute Gasteiger partial charge is 0.497 e. The Balaban J connectivity index is 1.89. The number of aryl methyl sites for hydroxylation is 2. The monoisotopic (exact) mass is 428 g/mol. The highest BCUT2D eigenvalue weighted by Gasteiger charge is 2.03. The van der Waals surface area contributed by atoms with E-state index in [0.717, 1.165) is 28.3 Å². The molecule has 7 nitrogen and oxygen atoms in total. The van der Waals surface area contributed by atoms with Gasteiger partial charge in [-0.25, -0.2) is 4.99 Å². The van der Waals surface area contributed by atoms with Crippen LogP contribution in [0.15, 0.2) is 87.8 Å². The Morgan fingerprint density at radius 3 is 1.97 bits per heavy atom. The first-order valence-electron chi connectivity index (χ1n) is 10.2. The summed E-state index contributed by atoms with van der Waals surface area (Å²) < 4.78 is 5.21. The number of hydrogen-bond acceptors (Lipinski definition) is 2. The van der Waals surface area contributed by atoms with Crippen LogP contribution in [0.5, 0.6) is 5.75 Å². The van der Waals surface area contributed by atoms with E-state index in [9.17, 15) is 0 Å². The average Bonchev–Trinajstić information content (AvgIpc) is 2.74. The van der Waals surface area contributed by atoms with Crippen molar-refractivity contribution in [1.82, 2.24) is 0 Å². The molecule has 0 fully saturated rings. The molecule has 3 aromatic carbocycles. The minimum atomic E-state index is 0.190. The SMILES string of the molecule is COc1ccc(N=C(N=C(C)Nc2cccc(C)c2)N=C(N)Nc2cccc(C)c2)cc1. The Hall–Kier alpha value is -4.13. The van der Waals surface area contributed by atoms with Crippen LogP contribution in [0.3, 0.4) is 0 Å². The fraction of sp³-hybridized carbons (Fsp3) is 0.160. The molecule has 0 bridgehead atoms. The number of nitrogens with one attached hydrogen (secondary N) is 2. The second kappa shape index (κ2) is 10.8. The first kappa shape index (κ1) is 22.6. The van der Waals surface area contributed by atoms with Gasteiger partial charge in [0.2, 0.25) is 5.96 Å². The molecule has 4 N–H and O–H groups in total. The minimum absolute atomic E-state index is 0.190. The summed E-state index contributed by atoms with van der Waals surface area (Å²) in [6.07, 6.45) is 0. The van der Waals surface area contributed by atoms with Gasteiger partial charge in [-0.2, -0.15) is 9.98 Å². The summed E-state index contributed by atoms with van der Waals surface area (Å²) in [6, 6.07) is 23.2. The summed E-state index contributed by atoms with van der Waals surface area (Å²) in [6.45, 7) is 5.90.